The SMILES string of the molecule is Cc1c(C)n(Cc2cccc(F)c2)c2ccc(C(=O)NCc3cccc(F)c3)cc12. The summed E-state index contributed by atoms with van der Waals surface area (Å²) < 4.78 is 29.0. The van der Waals surface area contributed by atoms with Gasteiger partial charge in [-0.3, -0.25) is 4.79 Å². The molecule has 0 aliphatic carbocycles. The van der Waals surface area contributed by atoms with Crippen molar-refractivity contribution < 1.29 is 13.6 Å². The lowest BCUT2D eigenvalue weighted by Crippen LogP contribution is -2.22. The fourth-order valence-corrected chi connectivity index (χ4v) is 3.74. The first-order valence-electron chi connectivity index (χ1n) is 9.79. The maximum Gasteiger partial charge on any atom is 0.251 e. The summed E-state index contributed by atoms with van der Waals surface area (Å²) in [5, 5.41) is 3.83. The van der Waals surface area contributed by atoms with Crippen LogP contribution in [0.3, 0.4) is 0 Å². The minimum Gasteiger partial charge on any atom is -0.348 e. The van der Waals surface area contributed by atoms with Gasteiger partial charge in [-0.15, -0.1) is 0 Å². The van der Waals surface area contributed by atoms with Crippen molar-refractivity contribution in [2.75, 3.05) is 0 Å². The number of nitrogens with zero attached hydrogens (tertiary/aromatic N) is 1. The van der Waals surface area contributed by atoms with Gasteiger partial charge in [0.25, 0.3) is 5.91 Å². The number of hydrogen-bond acceptors (Lipinski definition) is 1. The van der Waals surface area contributed by atoms with Gasteiger partial charge in [0.05, 0.1) is 0 Å². The van der Waals surface area contributed by atoms with E-state index in [1.165, 1.54) is 24.3 Å². The highest BCUT2D eigenvalue weighted by Gasteiger charge is 2.14. The van der Waals surface area contributed by atoms with Gasteiger partial charge in [0.1, 0.15) is 11.6 Å². The third-order valence-corrected chi connectivity index (χ3v) is 5.47. The molecule has 1 amide bonds. The molecule has 1 N–H and O–H groups in total. The molecule has 0 bridgehead atoms. The molecule has 0 saturated carbocycles. The Morgan fingerprint density at radius 2 is 1.57 bits per heavy atom. The molecule has 0 aliphatic heterocycles. The van der Waals surface area contributed by atoms with E-state index in [9.17, 15) is 13.6 Å². The van der Waals surface area contributed by atoms with Crippen LogP contribution in [-0.4, -0.2) is 10.5 Å². The molecule has 1 aromatic heterocycles. The third kappa shape index (κ3) is 3.96. The van der Waals surface area contributed by atoms with E-state index in [4.69, 9.17) is 0 Å². The number of rotatable bonds is 5. The Balaban J connectivity index is 1.59. The molecule has 4 rings (SSSR count). The van der Waals surface area contributed by atoms with Gasteiger partial charge in [-0.05, 0) is 73.0 Å². The molecule has 5 heteroatoms. The smallest absolute Gasteiger partial charge is 0.251 e. The summed E-state index contributed by atoms with van der Waals surface area (Å²) in [6.07, 6.45) is 0. The van der Waals surface area contributed by atoms with E-state index >= 15 is 0 Å². The molecule has 3 nitrogen and oxygen atoms in total. The zero-order chi connectivity index (χ0) is 21.3. The fourth-order valence-electron chi connectivity index (χ4n) is 3.74. The number of aromatic nitrogens is 1. The predicted molar refractivity (Wildman–Crippen MR) is 114 cm³/mol. The fraction of sp³-hybridized carbons (Fsp3) is 0.160. The Kier molecular flexibility index (Phi) is 5.36. The molecule has 30 heavy (non-hydrogen) atoms. The van der Waals surface area contributed by atoms with Crippen LogP contribution in [0.5, 0.6) is 0 Å². The molecule has 4 aromatic rings. The number of fused-ring (bicyclic) bond motifs is 1. The quantitative estimate of drug-likeness (QED) is 0.467. The van der Waals surface area contributed by atoms with Gasteiger partial charge < -0.3 is 9.88 Å². The summed E-state index contributed by atoms with van der Waals surface area (Å²) in [6.45, 7) is 4.86. The lowest BCUT2D eigenvalue weighted by molar-refractivity contribution is 0.0951. The molecule has 0 radical (unpaired) electrons. The van der Waals surface area contributed by atoms with E-state index in [2.05, 4.69) is 9.88 Å². The number of aryl methyl sites for hydroxylation is 1. The van der Waals surface area contributed by atoms with Crippen molar-refractivity contribution in [2.45, 2.75) is 26.9 Å². The first kappa shape index (κ1) is 19.8. The minimum absolute atomic E-state index is 0.212. The van der Waals surface area contributed by atoms with E-state index in [-0.39, 0.29) is 24.1 Å². The van der Waals surface area contributed by atoms with Gasteiger partial charge in [0.15, 0.2) is 0 Å². The summed E-state index contributed by atoms with van der Waals surface area (Å²) in [5.74, 6) is -0.791. The van der Waals surface area contributed by atoms with E-state index in [1.54, 1.807) is 24.3 Å². The number of benzene rings is 3. The van der Waals surface area contributed by atoms with Crippen LogP contribution in [0, 0.1) is 25.5 Å². The molecule has 1 heterocycles. The number of halogens is 2. The van der Waals surface area contributed by atoms with Crippen LogP contribution >= 0.6 is 0 Å². The molecule has 0 spiro atoms. The second kappa shape index (κ2) is 8.11. The van der Waals surface area contributed by atoms with Crippen LogP contribution in [0.15, 0.2) is 66.7 Å². The molecule has 0 fully saturated rings. The standard InChI is InChI=1S/C25H22F2N2O/c1-16-17(2)29(15-19-6-4-8-22(27)12-19)24-10-9-20(13-23(16)24)25(30)28-14-18-5-3-7-21(26)11-18/h3-13H,14-15H2,1-2H3,(H,28,30). The Morgan fingerprint density at radius 3 is 2.27 bits per heavy atom. The number of hydrogen-bond donors (Lipinski definition) is 1. The first-order valence-corrected chi connectivity index (χ1v) is 9.79. The minimum atomic E-state index is -0.325. The molecule has 0 unspecified atom stereocenters. The van der Waals surface area contributed by atoms with Crippen molar-refractivity contribution in [1.29, 1.82) is 0 Å². The maximum atomic E-state index is 13.6. The summed E-state index contributed by atoms with van der Waals surface area (Å²) in [5.41, 5.74) is 5.29. The molecule has 0 aliphatic rings. The van der Waals surface area contributed by atoms with Crippen LogP contribution in [0.2, 0.25) is 0 Å². The monoisotopic (exact) mass is 404 g/mol. The number of carbonyl (C=O) groups is 1. The Morgan fingerprint density at radius 1 is 0.900 bits per heavy atom. The van der Waals surface area contributed by atoms with Crippen LogP contribution in [-0.2, 0) is 13.1 Å². The number of carbonyl (C=O) groups excluding carboxylic acids is 1. The molecular formula is C25H22F2N2O. The van der Waals surface area contributed by atoms with Crippen molar-refractivity contribution >= 4 is 16.8 Å². The van der Waals surface area contributed by atoms with Crippen LogP contribution in [0.4, 0.5) is 8.78 Å². The van der Waals surface area contributed by atoms with E-state index in [1.807, 2.05) is 32.0 Å². The Labute approximate surface area is 174 Å². The molecule has 0 atom stereocenters. The molecule has 3 aromatic carbocycles. The topological polar surface area (TPSA) is 34.0 Å². The highest BCUT2D eigenvalue weighted by atomic mass is 19.1. The maximum absolute atomic E-state index is 13.6. The highest BCUT2D eigenvalue weighted by Crippen LogP contribution is 2.27. The second-order valence-electron chi connectivity index (χ2n) is 7.47. The predicted octanol–water partition coefficient (Wildman–Crippen LogP) is 5.51. The van der Waals surface area contributed by atoms with Gasteiger partial charge in [-0.2, -0.15) is 0 Å². The number of nitrogens with one attached hydrogen (secondary N) is 1. The largest absolute Gasteiger partial charge is 0.348 e. The highest BCUT2D eigenvalue weighted by molar-refractivity contribution is 5.99. The van der Waals surface area contributed by atoms with E-state index < -0.39 is 0 Å². The van der Waals surface area contributed by atoms with E-state index in [0.29, 0.717) is 17.7 Å². The normalized spacial score (nSPS) is 11.1. The lowest BCUT2D eigenvalue weighted by atomic mass is 10.1. The second-order valence-corrected chi connectivity index (χ2v) is 7.47. The van der Waals surface area contributed by atoms with Gasteiger partial charge in [0, 0.05) is 35.2 Å². The molecule has 152 valence electrons. The van der Waals surface area contributed by atoms with Gasteiger partial charge in [-0.25, -0.2) is 8.78 Å². The summed E-state index contributed by atoms with van der Waals surface area (Å²) >= 11 is 0. The molecule has 0 saturated heterocycles. The molecular weight excluding hydrogens is 382 g/mol. The van der Waals surface area contributed by atoms with E-state index in [0.717, 1.165) is 27.7 Å². The lowest BCUT2D eigenvalue weighted by Gasteiger charge is -2.10. The van der Waals surface area contributed by atoms with Gasteiger partial charge in [0.2, 0.25) is 0 Å². The van der Waals surface area contributed by atoms with Crippen molar-refractivity contribution in [1.82, 2.24) is 9.88 Å². The summed E-state index contributed by atoms with van der Waals surface area (Å²) in [7, 11) is 0. The first-order chi connectivity index (χ1) is 14.4. The average molecular weight is 404 g/mol. The summed E-state index contributed by atoms with van der Waals surface area (Å²) in [6, 6.07) is 18.3. The van der Waals surface area contributed by atoms with Crippen LogP contribution < -0.4 is 5.32 Å². The Hall–Kier alpha value is -3.47. The number of amides is 1. The van der Waals surface area contributed by atoms with Crippen molar-refractivity contribution in [3.8, 4) is 0 Å². The van der Waals surface area contributed by atoms with Crippen LogP contribution in [0.25, 0.3) is 10.9 Å². The van der Waals surface area contributed by atoms with Gasteiger partial charge in [-0.1, -0.05) is 24.3 Å². The van der Waals surface area contributed by atoms with Crippen molar-refractivity contribution in [2.24, 2.45) is 0 Å². The summed E-state index contributed by atoms with van der Waals surface area (Å²) in [4.78, 5) is 12.6. The zero-order valence-corrected chi connectivity index (χ0v) is 16.9. The third-order valence-electron chi connectivity index (χ3n) is 5.47. The van der Waals surface area contributed by atoms with Crippen LogP contribution in [0.1, 0.15) is 32.7 Å². The Bertz CT molecular complexity index is 1240. The average Bonchev–Trinajstić information content (AvgIpc) is 2.96. The van der Waals surface area contributed by atoms with Crippen molar-refractivity contribution in [3.63, 3.8) is 0 Å². The van der Waals surface area contributed by atoms with Crippen molar-refractivity contribution in [3.05, 3.63) is 106 Å². The zero-order valence-electron chi connectivity index (χ0n) is 16.9. The van der Waals surface area contributed by atoms with Gasteiger partial charge >= 0.3 is 0 Å².